The van der Waals surface area contributed by atoms with Crippen LogP contribution in [0.1, 0.15) is 16.7 Å². The molecule has 0 saturated heterocycles. The molecule has 0 unspecified atom stereocenters. The Morgan fingerprint density at radius 1 is 1.11 bits per heavy atom. The van der Waals surface area contributed by atoms with E-state index in [0.29, 0.717) is 17.0 Å². The average Bonchev–Trinajstić information content (AvgIpc) is 2.43. The molecule has 2 rings (SSSR count). The van der Waals surface area contributed by atoms with E-state index in [2.05, 4.69) is 37.4 Å². The first kappa shape index (κ1) is 13.0. The number of nitriles is 1. The molecule has 2 aromatic carbocycles. The number of para-hydroxylation sites is 1. The maximum atomic E-state index is 9.17. The Hall–Kier alpha value is -2.47. The van der Waals surface area contributed by atoms with Crippen molar-refractivity contribution < 1.29 is 4.74 Å². The second-order valence-corrected chi connectivity index (χ2v) is 4.42. The highest BCUT2D eigenvalue weighted by molar-refractivity contribution is 5.73. The molecule has 19 heavy (non-hydrogen) atoms. The van der Waals surface area contributed by atoms with Gasteiger partial charge < -0.3 is 10.1 Å². The van der Waals surface area contributed by atoms with Crippen LogP contribution in [0.3, 0.4) is 0 Å². The lowest BCUT2D eigenvalue weighted by Crippen LogP contribution is -1.98. The van der Waals surface area contributed by atoms with Gasteiger partial charge in [0.2, 0.25) is 0 Å². The summed E-state index contributed by atoms with van der Waals surface area (Å²) in [4.78, 5) is 0. The molecule has 0 radical (unpaired) electrons. The fourth-order valence-electron chi connectivity index (χ4n) is 1.89. The number of aryl methyl sites for hydroxylation is 2. The SMILES string of the molecule is COc1cccc(C#N)c1Nc1ccc(C)c(C)c1. The number of nitrogens with one attached hydrogen (secondary N) is 1. The van der Waals surface area contributed by atoms with Crippen molar-refractivity contribution in [3.8, 4) is 11.8 Å². The van der Waals surface area contributed by atoms with Crippen LogP contribution in [-0.4, -0.2) is 7.11 Å². The van der Waals surface area contributed by atoms with Gasteiger partial charge in [-0.1, -0.05) is 12.1 Å². The van der Waals surface area contributed by atoms with Gasteiger partial charge in [0.25, 0.3) is 0 Å². The zero-order chi connectivity index (χ0) is 13.8. The largest absolute Gasteiger partial charge is 0.495 e. The summed E-state index contributed by atoms with van der Waals surface area (Å²) in [6.45, 7) is 4.14. The lowest BCUT2D eigenvalue weighted by atomic mass is 10.1. The van der Waals surface area contributed by atoms with Crippen LogP contribution < -0.4 is 10.1 Å². The first-order valence-electron chi connectivity index (χ1n) is 6.07. The molecule has 0 saturated carbocycles. The summed E-state index contributed by atoms with van der Waals surface area (Å²) in [5.41, 5.74) is 4.67. The van der Waals surface area contributed by atoms with Gasteiger partial charge in [0.15, 0.2) is 0 Å². The topological polar surface area (TPSA) is 45.0 Å². The predicted octanol–water partition coefficient (Wildman–Crippen LogP) is 3.93. The minimum Gasteiger partial charge on any atom is -0.495 e. The van der Waals surface area contributed by atoms with E-state index in [1.165, 1.54) is 11.1 Å². The third-order valence-electron chi connectivity index (χ3n) is 3.14. The van der Waals surface area contributed by atoms with Gasteiger partial charge in [0.1, 0.15) is 11.8 Å². The van der Waals surface area contributed by atoms with E-state index >= 15 is 0 Å². The lowest BCUT2D eigenvalue weighted by Gasteiger charge is -2.13. The van der Waals surface area contributed by atoms with Crippen LogP contribution in [0.5, 0.6) is 5.75 Å². The van der Waals surface area contributed by atoms with Gasteiger partial charge in [-0.3, -0.25) is 0 Å². The molecule has 0 fully saturated rings. The van der Waals surface area contributed by atoms with Gasteiger partial charge in [0.05, 0.1) is 18.4 Å². The summed E-state index contributed by atoms with van der Waals surface area (Å²) in [6, 6.07) is 13.7. The number of nitrogens with zero attached hydrogens (tertiary/aromatic N) is 1. The van der Waals surface area contributed by atoms with Crippen molar-refractivity contribution in [1.29, 1.82) is 5.26 Å². The Morgan fingerprint density at radius 2 is 1.89 bits per heavy atom. The summed E-state index contributed by atoms with van der Waals surface area (Å²) in [7, 11) is 1.60. The molecule has 0 aliphatic carbocycles. The van der Waals surface area contributed by atoms with Crippen molar-refractivity contribution in [2.75, 3.05) is 12.4 Å². The highest BCUT2D eigenvalue weighted by Gasteiger charge is 2.09. The number of methoxy groups -OCH3 is 1. The molecule has 1 N–H and O–H groups in total. The van der Waals surface area contributed by atoms with Crippen LogP contribution in [0.4, 0.5) is 11.4 Å². The van der Waals surface area contributed by atoms with Gasteiger partial charge in [0, 0.05) is 5.69 Å². The fourth-order valence-corrected chi connectivity index (χ4v) is 1.89. The summed E-state index contributed by atoms with van der Waals surface area (Å²) in [5.74, 6) is 0.664. The smallest absolute Gasteiger partial charge is 0.143 e. The van der Waals surface area contributed by atoms with Crippen LogP contribution in [0.2, 0.25) is 0 Å². The van der Waals surface area contributed by atoms with Crippen molar-refractivity contribution in [2.45, 2.75) is 13.8 Å². The normalized spacial score (nSPS) is 9.79. The van der Waals surface area contributed by atoms with Gasteiger partial charge >= 0.3 is 0 Å². The van der Waals surface area contributed by atoms with Gasteiger partial charge in [-0.25, -0.2) is 0 Å². The molecule has 0 spiro atoms. The molecule has 3 nitrogen and oxygen atoms in total. The van der Waals surface area contributed by atoms with E-state index < -0.39 is 0 Å². The van der Waals surface area contributed by atoms with Crippen molar-refractivity contribution in [2.24, 2.45) is 0 Å². The highest BCUT2D eigenvalue weighted by Crippen LogP contribution is 2.31. The first-order chi connectivity index (χ1) is 9.15. The molecule has 2 aromatic rings. The minimum absolute atomic E-state index is 0.567. The number of ether oxygens (including phenoxy) is 1. The van der Waals surface area contributed by atoms with E-state index in [1.54, 1.807) is 13.2 Å². The zero-order valence-electron chi connectivity index (χ0n) is 11.3. The quantitative estimate of drug-likeness (QED) is 0.900. The molecule has 3 heteroatoms. The van der Waals surface area contributed by atoms with E-state index in [1.807, 2.05) is 18.2 Å². The molecule has 96 valence electrons. The minimum atomic E-state index is 0.567. The highest BCUT2D eigenvalue weighted by atomic mass is 16.5. The van der Waals surface area contributed by atoms with Crippen LogP contribution >= 0.6 is 0 Å². The number of rotatable bonds is 3. The second-order valence-electron chi connectivity index (χ2n) is 4.42. The van der Waals surface area contributed by atoms with E-state index in [4.69, 9.17) is 10.00 Å². The molecular formula is C16H16N2O. The standard InChI is InChI=1S/C16H16N2O/c1-11-7-8-14(9-12(11)2)18-16-13(10-17)5-4-6-15(16)19-3/h4-9,18H,1-3H3. The van der Waals surface area contributed by atoms with Gasteiger partial charge in [-0.2, -0.15) is 5.26 Å². The van der Waals surface area contributed by atoms with Gasteiger partial charge in [-0.15, -0.1) is 0 Å². The van der Waals surface area contributed by atoms with E-state index in [0.717, 1.165) is 5.69 Å². The number of benzene rings is 2. The summed E-state index contributed by atoms with van der Waals surface area (Å²) < 4.78 is 5.30. The monoisotopic (exact) mass is 252 g/mol. The third-order valence-corrected chi connectivity index (χ3v) is 3.14. The van der Waals surface area contributed by atoms with Crippen LogP contribution in [0.15, 0.2) is 36.4 Å². The number of hydrogen-bond acceptors (Lipinski definition) is 3. The van der Waals surface area contributed by atoms with Crippen molar-refractivity contribution >= 4 is 11.4 Å². The lowest BCUT2D eigenvalue weighted by molar-refractivity contribution is 0.416. The fraction of sp³-hybridized carbons (Fsp3) is 0.188. The molecule has 0 amide bonds. The van der Waals surface area contributed by atoms with Gasteiger partial charge in [-0.05, 0) is 49.2 Å². The Bertz CT molecular complexity index is 642. The molecule has 0 bridgehead atoms. The van der Waals surface area contributed by atoms with Crippen molar-refractivity contribution in [3.63, 3.8) is 0 Å². The van der Waals surface area contributed by atoms with Crippen molar-refractivity contribution in [3.05, 3.63) is 53.1 Å². The maximum Gasteiger partial charge on any atom is 0.143 e. The van der Waals surface area contributed by atoms with Crippen LogP contribution in [-0.2, 0) is 0 Å². The number of anilines is 2. The molecule has 0 aromatic heterocycles. The number of hydrogen-bond donors (Lipinski definition) is 1. The summed E-state index contributed by atoms with van der Waals surface area (Å²) >= 11 is 0. The first-order valence-corrected chi connectivity index (χ1v) is 6.07. The van der Waals surface area contributed by atoms with Crippen molar-refractivity contribution in [1.82, 2.24) is 0 Å². The molecular weight excluding hydrogens is 236 g/mol. The second kappa shape index (κ2) is 5.45. The Kier molecular flexibility index (Phi) is 3.72. The summed E-state index contributed by atoms with van der Waals surface area (Å²) in [5, 5.41) is 12.4. The van der Waals surface area contributed by atoms with E-state index in [9.17, 15) is 0 Å². The average molecular weight is 252 g/mol. The molecule has 0 heterocycles. The molecule has 0 atom stereocenters. The van der Waals surface area contributed by atoms with Crippen LogP contribution in [0.25, 0.3) is 0 Å². The molecule has 0 aliphatic heterocycles. The Labute approximate surface area is 113 Å². The maximum absolute atomic E-state index is 9.17. The molecule has 0 aliphatic rings. The predicted molar refractivity (Wildman–Crippen MR) is 76.9 cm³/mol. The van der Waals surface area contributed by atoms with E-state index in [-0.39, 0.29) is 0 Å². The Balaban J connectivity index is 2.42. The van der Waals surface area contributed by atoms with Crippen LogP contribution in [0, 0.1) is 25.2 Å². The third kappa shape index (κ3) is 2.69. The summed E-state index contributed by atoms with van der Waals surface area (Å²) in [6.07, 6.45) is 0. The Morgan fingerprint density at radius 3 is 2.53 bits per heavy atom. The zero-order valence-corrected chi connectivity index (χ0v) is 11.3.